The fourth-order valence-electron chi connectivity index (χ4n) is 2.90. The number of hydrogen-bond acceptors (Lipinski definition) is 3. The van der Waals surface area contributed by atoms with Crippen LogP contribution < -0.4 is 11.1 Å². The van der Waals surface area contributed by atoms with Gasteiger partial charge in [0, 0.05) is 5.92 Å². The Labute approximate surface area is 123 Å². The normalized spacial score (nSPS) is 21.2. The molecule has 1 unspecified atom stereocenters. The minimum Gasteiger partial charge on any atom is -0.370 e. The summed E-state index contributed by atoms with van der Waals surface area (Å²) in [5.41, 5.74) is 6.86. The van der Waals surface area contributed by atoms with Crippen molar-refractivity contribution in [2.24, 2.45) is 10.7 Å². The zero-order chi connectivity index (χ0) is 14.9. The van der Waals surface area contributed by atoms with Crippen molar-refractivity contribution in [3.05, 3.63) is 71.8 Å². The summed E-state index contributed by atoms with van der Waals surface area (Å²) in [7, 11) is 0. The highest BCUT2D eigenvalue weighted by atomic mass is 16.2. The Morgan fingerprint density at radius 3 is 1.86 bits per heavy atom. The lowest BCUT2D eigenvalue weighted by Crippen LogP contribution is -2.43. The van der Waals surface area contributed by atoms with E-state index in [0.717, 1.165) is 11.1 Å². The molecule has 4 nitrogen and oxygen atoms in total. The van der Waals surface area contributed by atoms with E-state index < -0.39 is 5.54 Å². The van der Waals surface area contributed by atoms with Crippen LogP contribution >= 0.6 is 0 Å². The number of nitrogens with one attached hydrogen (secondary N) is 1. The number of rotatable bonds is 3. The van der Waals surface area contributed by atoms with E-state index in [4.69, 9.17) is 5.73 Å². The summed E-state index contributed by atoms with van der Waals surface area (Å²) in [6.45, 7) is 1.83. The maximum Gasteiger partial charge on any atom is 0.255 e. The van der Waals surface area contributed by atoms with Crippen LogP contribution in [0.4, 0.5) is 0 Å². The molecule has 2 aromatic rings. The van der Waals surface area contributed by atoms with Crippen LogP contribution in [0.5, 0.6) is 0 Å². The molecule has 0 radical (unpaired) electrons. The molecule has 106 valence electrons. The molecule has 1 aliphatic rings. The predicted octanol–water partition coefficient (Wildman–Crippen LogP) is 2.02. The summed E-state index contributed by atoms with van der Waals surface area (Å²) < 4.78 is 0. The number of hydrogen-bond donors (Lipinski definition) is 2. The van der Waals surface area contributed by atoms with Crippen molar-refractivity contribution in [1.29, 1.82) is 0 Å². The van der Waals surface area contributed by atoms with Crippen LogP contribution in [0.25, 0.3) is 0 Å². The van der Waals surface area contributed by atoms with Crippen LogP contribution in [0.2, 0.25) is 0 Å². The molecule has 0 bridgehead atoms. The van der Waals surface area contributed by atoms with Crippen LogP contribution in [0.15, 0.2) is 65.7 Å². The Balaban J connectivity index is 2.16. The van der Waals surface area contributed by atoms with Crippen LogP contribution in [0.3, 0.4) is 0 Å². The topological polar surface area (TPSA) is 67.5 Å². The molecule has 21 heavy (non-hydrogen) atoms. The molecular weight excluding hydrogens is 262 g/mol. The zero-order valence-corrected chi connectivity index (χ0v) is 11.8. The van der Waals surface area contributed by atoms with E-state index in [0.29, 0.717) is 0 Å². The second-order valence-electron chi connectivity index (χ2n) is 5.35. The molecule has 0 aliphatic carbocycles. The van der Waals surface area contributed by atoms with E-state index in [1.165, 1.54) is 0 Å². The largest absolute Gasteiger partial charge is 0.370 e. The van der Waals surface area contributed by atoms with Gasteiger partial charge in [-0.2, -0.15) is 0 Å². The first-order chi connectivity index (χ1) is 10.1. The highest BCUT2D eigenvalue weighted by Gasteiger charge is 2.46. The lowest BCUT2D eigenvalue weighted by molar-refractivity contribution is -0.123. The maximum absolute atomic E-state index is 12.4. The zero-order valence-electron chi connectivity index (χ0n) is 11.8. The van der Waals surface area contributed by atoms with Gasteiger partial charge in [0.05, 0.1) is 0 Å². The van der Waals surface area contributed by atoms with Gasteiger partial charge in [0.15, 0.2) is 11.5 Å². The van der Waals surface area contributed by atoms with Crippen molar-refractivity contribution in [3.63, 3.8) is 0 Å². The van der Waals surface area contributed by atoms with E-state index in [1.54, 1.807) is 0 Å². The van der Waals surface area contributed by atoms with Crippen molar-refractivity contribution < 1.29 is 4.79 Å². The number of carbonyl (C=O) groups is 1. The molecule has 1 heterocycles. The van der Waals surface area contributed by atoms with Crippen molar-refractivity contribution >= 4 is 11.9 Å². The summed E-state index contributed by atoms with van der Waals surface area (Å²) in [5.74, 6) is -0.169. The lowest BCUT2D eigenvalue weighted by Gasteiger charge is -2.30. The number of amides is 1. The molecule has 0 fully saturated rings. The van der Waals surface area contributed by atoms with Crippen LogP contribution in [0.1, 0.15) is 24.0 Å². The van der Waals surface area contributed by atoms with E-state index in [9.17, 15) is 4.79 Å². The van der Waals surface area contributed by atoms with Gasteiger partial charge in [0.1, 0.15) is 0 Å². The second-order valence-corrected chi connectivity index (χ2v) is 5.35. The molecular formula is C17H17N3O. The van der Waals surface area contributed by atoms with Crippen LogP contribution in [-0.2, 0) is 4.79 Å². The average molecular weight is 279 g/mol. The third-order valence-electron chi connectivity index (χ3n) is 3.88. The minimum absolute atomic E-state index is 0.169. The van der Waals surface area contributed by atoms with Crippen molar-refractivity contribution in [3.8, 4) is 0 Å². The fraction of sp³-hybridized carbons (Fsp3) is 0.176. The first-order valence-corrected chi connectivity index (χ1v) is 6.88. The molecule has 3 rings (SSSR count). The van der Waals surface area contributed by atoms with Crippen molar-refractivity contribution in [2.75, 3.05) is 0 Å². The number of benzene rings is 2. The third-order valence-corrected chi connectivity index (χ3v) is 3.88. The van der Waals surface area contributed by atoms with Gasteiger partial charge in [0.2, 0.25) is 0 Å². The second kappa shape index (κ2) is 5.05. The summed E-state index contributed by atoms with van der Waals surface area (Å²) in [4.78, 5) is 16.8. The Hall–Kier alpha value is -2.62. The van der Waals surface area contributed by atoms with Crippen molar-refractivity contribution in [1.82, 2.24) is 5.32 Å². The van der Waals surface area contributed by atoms with E-state index in [-0.39, 0.29) is 17.8 Å². The van der Waals surface area contributed by atoms with Gasteiger partial charge in [0.25, 0.3) is 5.91 Å². The van der Waals surface area contributed by atoms with Gasteiger partial charge in [-0.1, -0.05) is 60.7 Å². The van der Waals surface area contributed by atoms with Gasteiger partial charge in [-0.05, 0) is 18.1 Å². The standard InChI is InChI=1S/C17H17N3O/c1-17(15(21)19-16(18)20-17)14(12-8-4-2-5-9-12)13-10-6-3-7-11-13/h2-11,14H,1H3,(H3,18,19,20,21). The Bertz CT molecular complexity index is 642. The van der Waals surface area contributed by atoms with Crippen molar-refractivity contribution in [2.45, 2.75) is 18.4 Å². The molecule has 0 spiro atoms. The summed E-state index contributed by atoms with van der Waals surface area (Å²) in [5, 5.41) is 2.62. The number of carbonyl (C=O) groups excluding carboxylic acids is 1. The summed E-state index contributed by atoms with van der Waals surface area (Å²) >= 11 is 0. The summed E-state index contributed by atoms with van der Waals surface area (Å²) in [6.07, 6.45) is 0. The lowest BCUT2D eigenvalue weighted by atomic mass is 9.76. The number of guanidine groups is 1. The third kappa shape index (κ3) is 2.29. The van der Waals surface area contributed by atoms with Crippen LogP contribution in [-0.4, -0.2) is 17.4 Å². The number of aliphatic imine (C=N–C) groups is 1. The highest BCUT2D eigenvalue weighted by Crippen LogP contribution is 2.39. The molecule has 0 saturated heterocycles. The Morgan fingerprint density at radius 2 is 1.48 bits per heavy atom. The molecule has 3 N–H and O–H groups in total. The van der Waals surface area contributed by atoms with E-state index in [2.05, 4.69) is 10.3 Å². The summed E-state index contributed by atoms with van der Waals surface area (Å²) in [6, 6.07) is 19.8. The van der Waals surface area contributed by atoms with Gasteiger partial charge in [-0.3, -0.25) is 10.1 Å². The number of nitrogens with two attached hydrogens (primary N) is 1. The van der Waals surface area contributed by atoms with Gasteiger partial charge < -0.3 is 5.73 Å². The molecule has 0 aromatic heterocycles. The molecule has 0 saturated carbocycles. The monoisotopic (exact) mass is 279 g/mol. The Kier molecular flexibility index (Phi) is 3.22. The molecule has 1 atom stereocenters. The average Bonchev–Trinajstić information content (AvgIpc) is 2.75. The predicted molar refractivity (Wildman–Crippen MR) is 82.9 cm³/mol. The molecule has 1 amide bonds. The first-order valence-electron chi connectivity index (χ1n) is 6.88. The first kappa shape index (κ1) is 13.4. The maximum atomic E-state index is 12.4. The van der Waals surface area contributed by atoms with E-state index >= 15 is 0 Å². The highest BCUT2D eigenvalue weighted by molar-refractivity contribution is 6.07. The SMILES string of the molecule is CC1(C(c2ccccc2)c2ccccc2)N=C(N)NC1=O. The Morgan fingerprint density at radius 1 is 1.00 bits per heavy atom. The molecule has 4 heteroatoms. The van der Waals surface area contributed by atoms with E-state index in [1.807, 2.05) is 67.6 Å². The van der Waals surface area contributed by atoms with Crippen LogP contribution in [0, 0.1) is 0 Å². The minimum atomic E-state index is -0.938. The molecule has 1 aliphatic heterocycles. The van der Waals surface area contributed by atoms with Gasteiger partial charge >= 0.3 is 0 Å². The van der Waals surface area contributed by atoms with Gasteiger partial charge in [-0.15, -0.1) is 0 Å². The molecule has 2 aromatic carbocycles. The number of nitrogens with zero attached hydrogens (tertiary/aromatic N) is 1. The quantitative estimate of drug-likeness (QED) is 0.902. The smallest absolute Gasteiger partial charge is 0.255 e. The van der Waals surface area contributed by atoms with Gasteiger partial charge in [-0.25, -0.2) is 4.99 Å². The fourth-order valence-corrected chi connectivity index (χ4v) is 2.90.